The van der Waals surface area contributed by atoms with E-state index in [2.05, 4.69) is 14.7 Å². The van der Waals surface area contributed by atoms with Crippen LogP contribution < -0.4 is 9.47 Å². The van der Waals surface area contributed by atoms with Gasteiger partial charge in [-0.05, 0) is 60.5 Å². The molecular weight excluding hydrogens is 416 g/mol. The van der Waals surface area contributed by atoms with Gasteiger partial charge in [0.25, 0.3) is 0 Å². The van der Waals surface area contributed by atoms with Crippen LogP contribution in [0.3, 0.4) is 0 Å². The molecule has 0 amide bonds. The summed E-state index contributed by atoms with van der Waals surface area (Å²) in [4.78, 5) is 20.3. The number of nitrogens with zero attached hydrogens (tertiary/aromatic N) is 2. The minimum atomic E-state index is -0.665. The lowest BCUT2D eigenvalue weighted by Gasteiger charge is -2.13. The number of carbonyl (C=O) groups excluding carboxylic acids is 1. The zero-order valence-corrected chi connectivity index (χ0v) is 17.7. The first-order chi connectivity index (χ1) is 15.0. The van der Waals surface area contributed by atoms with Crippen molar-refractivity contribution < 1.29 is 19.0 Å². The average Bonchev–Trinajstić information content (AvgIpc) is 2.79. The third kappa shape index (κ3) is 4.92. The summed E-state index contributed by atoms with van der Waals surface area (Å²) in [6, 6.07) is 20.4. The molecule has 1 unspecified atom stereocenters. The van der Waals surface area contributed by atoms with Gasteiger partial charge in [0.05, 0.1) is 24.3 Å². The fraction of sp³-hybridized carbons (Fsp3) is 0.125. The summed E-state index contributed by atoms with van der Waals surface area (Å²) < 4.78 is 16.1. The second-order valence-corrected chi connectivity index (χ2v) is 7.21. The number of fused-ring (bicyclic) bond motifs is 1. The maximum Gasteiger partial charge on any atom is 0.346 e. The Bertz CT molecular complexity index is 1210. The van der Waals surface area contributed by atoms with E-state index in [0.717, 1.165) is 16.6 Å². The molecule has 1 atom stereocenters. The summed E-state index contributed by atoms with van der Waals surface area (Å²) in [5.41, 5.74) is 3.44. The highest BCUT2D eigenvalue weighted by atomic mass is 35.5. The van der Waals surface area contributed by atoms with Gasteiger partial charge >= 0.3 is 5.97 Å². The van der Waals surface area contributed by atoms with Crippen molar-refractivity contribution in [2.75, 3.05) is 7.11 Å². The maximum absolute atomic E-state index is 11.5. The van der Waals surface area contributed by atoms with Crippen molar-refractivity contribution in [2.45, 2.75) is 13.0 Å². The number of halogens is 1. The topological polar surface area (TPSA) is 70.5 Å². The van der Waals surface area contributed by atoms with Crippen molar-refractivity contribution in [1.82, 2.24) is 9.97 Å². The lowest BCUT2D eigenvalue weighted by Crippen LogP contribution is -2.24. The minimum Gasteiger partial charge on any atom is -0.479 e. The molecule has 1 aromatic heterocycles. The number of benzene rings is 3. The molecule has 0 N–H and O–H groups in total. The molecule has 0 spiro atoms. The molecule has 3 aromatic carbocycles. The van der Waals surface area contributed by atoms with Gasteiger partial charge in [0, 0.05) is 5.02 Å². The third-order valence-corrected chi connectivity index (χ3v) is 4.83. The van der Waals surface area contributed by atoms with Crippen molar-refractivity contribution in [2.24, 2.45) is 0 Å². The maximum atomic E-state index is 11.5. The fourth-order valence-electron chi connectivity index (χ4n) is 3.00. The lowest BCUT2D eigenvalue weighted by atomic mass is 10.1. The number of ether oxygens (including phenoxy) is 3. The molecule has 7 heteroatoms. The van der Waals surface area contributed by atoms with Crippen LogP contribution in [-0.2, 0) is 9.53 Å². The van der Waals surface area contributed by atoms with E-state index in [4.69, 9.17) is 21.1 Å². The summed E-state index contributed by atoms with van der Waals surface area (Å²) in [5, 5.41) is 0.597. The quantitative estimate of drug-likeness (QED) is 0.363. The normalized spacial score (nSPS) is 11.7. The van der Waals surface area contributed by atoms with Crippen LogP contribution in [0.1, 0.15) is 6.92 Å². The average molecular weight is 435 g/mol. The Morgan fingerprint density at radius 3 is 2.19 bits per heavy atom. The van der Waals surface area contributed by atoms with Crippen LogP contribution >= 0.6 is 11.6 Å². The smallest absolute Gasteiger partial charge is 0.346 e. The molecule has 0 fully saturated rings. The van der Waals surface area contributed by atoms with E-state index < -0.39 is 12.1 Å². The van der Waals surface area contributed by atoms with E-state index in [1.165, 1.54) is 7.11 Å². The summed E-state index contributed by atoms with van der Waals surface area (Å²) in [5.74, 6) is 1.21. The Kier molecular flexibility index (Phi) is 6.00. The van der Waals surface area contributed by atoms with Crippen LogP contribution in [0.2, 0.25) is 5.02 Å². The summed E-state index contributed by atoms with van der Waals surface area (Å²) in [6.07, 6.45) is 0.916. The molecule has 0 saturated carbocycles. The molecule has 0 aliphatic rings. The Morgan fingerprint density at radius 1 is 0.903 bits per heavy atom. The molecule has 6 nitrogen and oxygen atoms in total. The second kappa shape index (κ2) is 9.02. The molecule has 31 heavy (non-hydrogen) atoms. The second-order valence-electron chi connectivity index (χ2n) is 6.78. The Balaban J connectivity index is 1.45. The molecule has 4 aromatic rings. The highest BCUT2D eigenvalue weighted by molar-refractivity contribution is 6.31. The monoisotopic (exact) mass is 434 g/mol. The zero-order chi connectivity index (χ0) is 21.8. The molecule has 1 heterocycles. The Labute approximate surface area is 184 Å². The van der Waals surface area contributed by atoms with Crippen molar-refractivity contribution in [1.29, 1.82) is 0 Å². The number of hydrogen-bond donors (Lipinski definition) is 0. The first-order valence-electron chi connectivity index (χ1n) is 9.57. The van der Waals surface area contributed by atoms with Gasteiger partial charge in [-0.25, -0.2) is 14.8 Å². The molecule has 0 aliphatic carbocycles. The standard InChI is InChI=1S/C24H19ClN2O4/c1-15(24(28)29-2)30-19-8-3-16(4-9-19)17-5-10-20(11-6-17)31-23-14-26-21-12-7-18(25)13-22(21)27-23/h3-15H,1-2H3. The first-order valence-corrected chi connectivity index (χ1v) is 9.95. The zero-order valence-electron chi connectivity index (χ0n) is 16.9. The number of rotatable bonds is 6. The SMILES string of the molecule is COC(=O)C(C)Oc1ccc(-c2ccc(Oc3cnc4ccc(Cl)cc4n3)cc2)cc1. The molecule has 0 saturated heterocycles. The van der Waals surface area contributed by atoms with E-state index in [1.807, 2.05) is 54.6 Å². The van der Waals surface area contributed by atoms with E-state index in [9.17, 15) is 4.79 Å². The molecule has 156 valence electrons. The molecule has 0 bridgehead atoms. The number of carbonyl (C=O) groups is 1. The van der Waals surface area contributed by atoms with Gasteiger partial charge in [-0.15, -0.1) is 0 Å². The number of hydrogen-bond acceptors (Lipinski definition) is 6. The molecular formula is C24H19ClN2O4. The van der Waals surface area contributed by atoms with Crippen LogP contribution in [-0.4, -0.2) is 29.2 Å². The Hall–Kier alpha value is -3.64. The predicted octanol–water partition coefficient (Wildman–Crippen LogP) is 5.68. The number of aromatic nitrogens is 2. The van der Waals surface area contributed by atoms with Gasteiger partial charge in [-0.2, -0.15) is 0 Å². The van der Waals surface area contributed by atoms with Gasteiger partial charge < -0.3 is 14.2 Å². The first kappa shape index (κ1) is 20.6. The van der Waals surface area contributed by atoms with Crippen LogP contribution in [0.5, 0.6) is 17.4 Å². The van der Waals surface area contributed by atoms with Crippen LogP contribution in [0.4, 0.5) is 0 Å². The van der Waals surface area contributed by atoms with Gasteiger partial charge in [-0.1, -0.05) is 35.9 Å². The lowest BCUT2D eigenvalue weighted by molar-refractivity contribution is -0.147. The minimum absolute atomic E-state index is 0.392. The number of methoxy groups -OCH3 is 1. The third-order valence-electron chi connectivity index (χ3n) is 4.59. The molecule has 0 radical (unpaired) electrons. The predicted molar refractivity (Wildman–Crippen MR) is 119 cm³/mol. The summed E-state index contributed by atoms with van der Waals surface area (Å²) in [6.45, 7) is 1.65. The highest BCUT2D eigenvalue weighted by Gasteiger charge is 2.14. The van der Waals surface area contributed by atoms with Gasteiger partial charge in [0.15, 0.2) is 6.10 Å². The highest BCUT2D eigenvalue weighted by Crippen LogP contribution is 2.27. The van der Waals surface area contributed by atoms with Crippen LogP contribution in [0.15, 0.2) is 72.9 Å². The summed E-state index contributed by atoms with van der Waals surface area (Å²) in [7, 11) is 1.33. The van der Waals surface area contributed by atoms with Gasteiger partial charge in [0.1, 0.15) is 11.5 Å². The summed E-state index contributed by atoms with van der Waals surface area (Å²) >= 11 is 6.02. The van der Waals surface area contributed by atoms with E-state index in [-0.39, 0.29) is 0 Å². The number of esters is 1. The van der Waals surface area contributed by atoms with Crippen LogP contribution in [0, 0.1) is 0 Å². The van der Waals surface area contributed by atoms with E-state index in [0.29, 0.717) is 27.9 Å². The van der Waals surface area contributed by atoms with Crippen molar-refractivity contribution >= 4 is 28.6 Å². The molecule has 0 aliphatic heterocycles. The fourth-order valence-corrected chi connectivity index (χ4v) is 3.16. The largest absolute Gasteiger partial charge is 0.479 e. The van der Waals surface area contributed by atoms with Crippen molar-refractivity contribution in [3.05, 3.63) is 77.9 Å². The van der Waals surface area contributed by atoms with Gasteiger partial charge in [0.2, 0.25) is 5.88 Å². The van der Waals surface area contributed by atoms with Crippen LogP contribution in [0.25, 0.3) is 22.2 Å². The van der Waals surface area contributed by atoms with Crippen molar-refractivity contribution in [3.63, 3.8) is 0 Å². The molecule has 4 rings (SSSR count). The van der Waals surface area contributed by atoms with Gasteiger partial charge in [-0.3, -0.25) is 0 Å². The van der Waals surface area contributed by atoms with E-state index in [1.54, 1.807) is 25.3 Å². The Morgan fingerprint density at radius 2 is 1.55 bits per heavy atom. The van der Waals surface area contributed by atoms with E-state index >= 15 is 0 Å². The van der Waals surface area contributed by atoms with Crippen molar-refractivity contribution in [3.8, 4) is 28.5 Å².